The highest BCUT2D eigenvalue weighted by Gasteiger charge is 2.36. The number of nitrogens with zero attached hydrogens (tertiary/aromatic N) is 1. The summed E-state index contributed by atoms with van der Waals surface area (Å²) in [5.41, 5.74) is 0.628. The number of rotatable bonds is 5. The first-order chi connectivity index (χ1) is 9.93. The predicted molar refractivity (Wildman–Crippen MR) is 77.1 cm³/mol. The van der Waals surface area contributed by atoms with Crippen molar-refractivity contribution in [3.63, 3.8) is 0 Å². The normalized spacial score (nSPS) is 13.3. The highest BCUT2D eigenvalue weighted by atomic mass is 79.9. The molecule has 2 rings (SSSR count). The Balaban J connectivity index is 2.15. The van der Waals surface area contributed by atoms with Crippen LogP contribution in [0.25, 0.3) is 0 Å². The highest BCUT2D eigenvalue weighted by molar-refractivity contribution is 9.10. The summed E-state index contributed by atoms with van der Waals surface area (Å²) >= 11 is 3.22. The van der Waals surface area contributed by atoms with Crippen LogP contribution in [-0.4, -0.2) is 36.6 Å². The average molecular weight is 354 g/mol. The van der Waals surface area contributed by atoms with E-state index in [4.69, 9.17) is 0 Å². The smallest absolute Gasteiger partial charge is 0.313 e. The molecule has 0 spiro atoms. The minimum atomic E-state index is -0.764. The predicted octanol–water partition coefficient (Wildman–Crippen LogP) is 1.50. The van der Waals surface area contributed by atoms with Gasteiger partial charge in [-0.05, 0) is 25.1 Å². The summed E-state index contributed by atoms with van der Waals surface area (Å²) in [4.78, 5) is 47.9. The lowest BCUT2D eigenvalue weighted by Crippen LogP contribution is -2.35. The van der Waals surface area contributed by atoms with Crippen LogP contribution in [0.5, 0.6) is 0 Å². The quantitative estimate of drug-likeness (QED) is 0.455. The van der Waals surface area contributed by atoms with Crippen molar-refractivity contribution in [1.82, 2.24) is 0 Å². The van der Waals surface area contributed by atoms with Gasteiger partial charge >= 0.3 is 5.97 Å². The second-order valence-electron chi connectivity index (χ2n) is 4.40. The summed E-state index contributed by atoms with van der Waals surface area (Å²) in [6, 6.07) is 4.79. The van der Waals surface area contributed by atoms with Crippen LogP contribution in [0.4, 0.5) is 5.69 Å². The van der Waals surface area contributed by atoms with Gasteiger partial charge in [0.15, 0.2) is 5.78 Å². The van der Waals surface area contributed by atoms with Gasteiger partial charge in [0.1, 0.15) is 6.42 Å². The minimum absolute atomic E-state index is 0.185. The lowest BCUT2D eigenvalue weighted by Gasteiger charge is -2.15. The third kappa shape index (κ3) is 3.18. The largest absolute Gasteiger partial charge is 0.466 e. The molecule has 0 aromatic heterocycles. The van der Waals surface area contributed by atoms with Gasteiger partial charge in [-0.2, -0.15) is 0 Å². The average Bonchev–Trinajstić information content (AvgIpc) is 2.64. The van der Waals surface area contributed by atoms with Crippen molar-refractivity contribution >= 4 is 45.1 Å². The fourth-order valence-corrected chi connectivity index (χ4v) is 2.40. The molecule has 0 bridgehead atoms. The number of fused-ring (bicyclic) bond motifs is 1. The maximum absolute atomic E-state index is 11.9. The van der Waals surface area contributed by atoms with E-state index >= 15 is 0 Å². The first-order valence-electron chi connectivity index (χ1n) is 6.27. The van der Waals surface area contributed by atoms with E-state index in [0.29, 0.717) is 10.2 Å². The SMILES string of the molecule is CCOC(=O)CC(=O)CN1C(=O)C(=O)c2cc(Br)ccc21. The summed E-state index contributed by atoms with van der Waals surface area (Å²) in [5.74, 6) is -2.54. The van der Waals surface area contributed by atoms with Crippen LogP contribution in [0.15, 0.2) is 22.7 Å². The summed E-state index contributed by atoms with van der Waals surface area (Å²) in [7, 11) is 0. The topological polar surface area (TPSA) is 80.8 Å². The number of ether oxygens (including phenoxy) is 1. The standard InChI is InChI=1S/C14H12BrNO5/c1-2-21-12(18)6-9(17)7-16-11-4-3-8(15)5-10(11)13(19)14(16)20/h3-5H,2,6-7H2,1H3. The number of carbonyl (C=O) groups is 4. The molecule has 1 amide bonds. The summed E-state index contributed by atoms with van der Waals surface area (Å²) < 4.78 is 5.34. The lowest BCUT2D eigenvalue weighted by atomic mass is 10.1. The van der Waals surface area contributed by atoms with Gasteiger partial charge in [-0.25, -0.2) is 0 Å². The van der Waals surface area contributed by atoms with Gasteiger partial charge in [0.2, 0.25) is 0 Å². The second kappa shape index (κ2) is 6.17. The van der Waals surface area contributed by atoms with Crippen LogP contribution >= 0.6 is 15.9 Å². The number of amides is 1. The zero-order chi connectivity index (χ0) is 15.6. The Labute approximate surface area is 129 Å². The molecule has 1 aliphatic heterocycles. The van der Waals surface area contributed by atoms with Crippen LogP contribution in [0.2, 0.25) is 0 Å². The molecule has 1 aromatic carbocycles. The molecule has 7 heteroatoms. The molecule has 0 aliphatic carbocycles. The molecule has 21 heavy (non-hydrogen) atoms. The van der Waals surface area contributed by atoms with E-state index < -0.39 is 29.9 Å². The maximum atomic E-state index is 11.9. The van der Waals surface area contributed by atoms with Gasteiger partial charge < -0.3 is 4.74 Å². The van der Waals surface area contributed by atoms with E-state index in [2.05, 4.69) is 20.7 Å². The monoisotopic (exact) mass is 353 g/mol. The van der Waals surface area contributed by atoms with Gasteiger partial charge in [0.25, 0.3) is 11.7 Å². The Morgan fingerprint density at radius 3 is 2.67 bits per heavy atom. The van der Waals surface area contributed by atoms with E-state index in [1.54, 1.807) is 19.1 Å². The molecular weight excluding hydrogens is 342 g/mol. The van der Waals surface area contributed by atoms with Crippen LogP contribution in [0.1, 0.15) is 23.7 Å². The molecule has 1 aliphatic rings. The lowest BCUT2D eigenvalue weighted by molar-refractivity contribution is -0.145. The van der Waals surface area contributed by atoms with Crippen molar-refractivity contribution in [3.05, 3.63) is 28.2 Å². The van der Waals surface area contributed by atoms with Gasteiger partial charge in [-0.1, -0.05) is 15.9 Å². The molecule has 1 aromatic rings. The number of hydrogen-bond donors (Lipinski definition) is 0. The fourth-order valence-electron chi connectivity index (χ4n) is 2.03. The molecule has 0 atom stereocenters. The van der Waals surface area contributed by atoms with Crippen molar-refractivity contribution in [3.8, 4) is 0 Å². The summed E-state index contributed by atoms with van der Waals surface area (Å²) in [6.45, 7) is 1.50. The third-order valence-corrected chi connectivity index (χ3v) is 3.41. The van der Waals surface area contributed by atoms with Crippen molar-refractivity contribution < 1.29 is 23.9 Å². The van der Waals surface area contributed by atoms with Gasteiger partial charge in [0.05, 0.1) is 24.4 Å². The van der Waals surface area contributed by atoms with Crippen LogP contribution in [0.3, 0.4) is 0 Å². The van der Waals surface area contributed by atoms with Gasteiger partial charge in [-0.15, -0.1) is 0 Å². The molecule has 0 saturated carbocycles. The number of esters is 1. The van der Waals surface area contributed by atoms with E-state index in [9.17, 15) is 19.2 Å². The van der Waals surface area contributed by atoms with Crippen LogP contribution in [-0.2, 0) is 19.1 Å². The molecule has 1 heterocycles. The maximum Gasteiger partial charge on any atom is 0.313 e. The molecule has 0 saturated heterocycles. The number of ketones is 2. The van der Waals surface area contributed by atoms with Crippen molar-refractivity contribution in [2.75, 3.05) is 18.1 Å². The highest BCUT2D eigenvalue weighted by Crippen LogP contribution is 2.31. The van der Waals surface area contributed by atoms with E-state index in [1.165, 1.54) is 6.07 Å². The first kappa shape index (κ1) is 15.4. The van der Waals surface area contributed by atoms with Gasteiger partial charge in [-0.3, -0.25) is 24.1 Å². The Hall–Kier alpha value is -2.02. The number of hydrogen-bond acceptors (Lipinski definition) is 5. The number of halogens is 1. The molecule has 6 nitrogen and oxygen atoms in total. The summed E-state index contributed by atoms with van der Waals surface area (Å²) in [5, 5.41) is 0. The minimum Gasteiger partial charge on any atom is -0.466 e. The molecule has 0 unspecified atom stereocenters. The fraction of sp³-hybridized carbons (Fsp3) is 0.286. The number of carbonyl (C=O) groups excluding carboxylic acids is 4. The Kier molecular flexibility index (Phi) is 4.52. The van der Waals surface area contributed by atoms with Crippen molar-refractivity contribution in [2.24, 2.45) is 0 Å². The summed E-state index contributed by atoms with van der Waals surface area (Å²) in [6.07, 6.45) is -0.419. The molecule has 110 valence electrons. The van der Waals surface area contributed by atoms with Gasteiger partial charge in [0, 0.05) is 4.47 Å². The zero-order valence-electron chi connectivity index (χ0n) is 11.2. The van der Waals surface area contributed by atoms with Crippen LogP contribution < -0.4 is 4.90 Å². The number of anilines is 1. The third-order valence-electron chi connectivity index (χ3n) is 2.91. The first-order valence-corrected chi connectivity index (χ1v) is 7.06. The van der Waals surface area contributed by atoms with Crippen molar-refractivity contribution in [2.45, 2.75) is 13.3 Å². The van der Waals surface area contributed by atoms with Crippen LogP contribution in [0, 0.1) is 0 Å². The number of benzene rings is 1. The molecular formula is C14H12BrNO5. The van der Waals surface area contributed by atoms with E-state index in [1.807, 2.05) is 0 Å². The Morgan fingerprint density at radius 2 is 2.00 bits per heavy atom. The number of Topliss-reactive ketones (excluding diaryl/α,β-unsaturated/α-hetero) is 2. The van der Waals surface area contributed by atoms with E-state index in [0.717, 1.165) is 4.90 Å². The Morgan fingerprint density at radius 1 is 1.29 bits per heavy atom. The molecule has 0 fully saturated rings. The zero-order valence-corrected chi connectivity index (χ0v) is 12.8. The second-order valence-corrected chi connectivity index (χ2v) is 5.32. The van der Waals surface area contributed by atoms with Crippen molar-refractivity contribution in [1.29, 1.82) is 0 Å². The molecule has 0 N–H and O–H groups in total. The Bertz CT molecular complexity index is 640. The molecule has 0 radical (unpaired) electrons. The van der Waals surface area contributed by atoms with E-state index in [-0.39, 0.29) is 18.7 Å².